The summed E-state index contributed by atoms with van der Waals surface area (Å²) in [4.78, 5) is 0. The van der Waals surface area contributed by atoms with Crippen LogP contribution in [0, 0.1) is 0 Å². The Morgan fingerprint density at radius 1 is 0.824 bits per heavy atom. The first-order chi connectivity index (χ1) is 8.13. The lowest BCUT2D eigenvalue weighted by Crippen LogP contribution is -1.86. The van der Waals surface area contributed by atoms with Gasteiger partial charge in [0.2, 0.25) is 0 Å². The molecular weight excluding hydrogens is 216 g/mol. The smallest absolute Gasteiger partial charge is 0.124 e. The Morgan fingerprint density at radius 2 is 1.53 bits per heavy atom. The molecule has 0 aliphatic carbocycles. The predicted octanol–water partition coefficient (Wildman–Crippen LogP) is 3.03. The summed E-state index contributed by atoms with van der Waals surface area (Å²) in [5.41, 5.74) is 1.61. The molecule has 0 aliphatic heterocycles. The van der Waals surface area contributed by atoms with Gasteiger partial charge in [-0.25, -0.2) is 0 Å². The van der Waals surface area contributed by atoms with Gasteiger partial charge in [-0.15, -0.1) is 0 Å². The number of phenolic OH excluding ortho intramolecular Hbond substituents is 3. The number of benzene rings is 2. The zero-order valence-corrected chi connectivity index (χ0v) is 9.51. The summed E-state index contributed by atoms with van der Waals surface area (Å²) in [5, 5.41) is 29.4. The summed E-state index contributed by atoms with van der Waals surface area (Å²) < 4.78 is 0. The standard InChI is InChI=1S/C14H14O3/c1-2-9-7-14(17)11(8-13(9)16)10-5-3-4-6-12(10)15/h3-8,15-17H,2H2,1H3. The second-order valence-corrected chi connectivity index (χ2v) is 3.87. The molecule has 3 N–H and O–H groups in total. The fourth-order valence-corrected chi connectivity index (χ4v) is 1.82. The van der Waals surface area contributed by atoms with Crippen molar-refractivity contribution in [2.24, 2.45) is 0 Å². The van der Waals surface area contributed by atoms with E-state index in [1.807, 2.05) is 6.92 Å². The molecule has 0 amide bonds. The number of hydrogen-bond donors (Lipinski definition) is 3. The first-order valence-electron chi connectivity index (χ1n) is 5.46. The highest BCUT2D eigenvalue weighted by Crippen LogP contribution is 2.38. The van der Waals surface area contributed by atoms with Crippen LogP contribution in [0.5, 0.6) is 17.2 Å². The Balaban J connectivity index is 2.61. The maximum absolute atomic E-state index is 9.90. The number of rotatable bonds is 2. The van der Waals surface area contributed by atoms with E-state index in [4.69, 9.17) is 0 Å². The van der Waals surface area contributed by atoms with Gasteiger partial charge < -0.3 is 15.3 Å². The van der Waals surface area contributed by atoms with Crippen LogP contribution in [0.15, 0.2) is 36.4 Å². The molecule has 3 nitrogen and oxygen atoms in total. The SMILES string of the molecule is CCc1cc(O)c(-c2ccccc2O)cc1O. The molecule has 0 spiro atoms. The Labute approximate surface area is 99.6 Å². The second-order valence-electron chi connectivity index (χ2n) is 3.87. The molecule has 0 unspecified atom stereocenters. The van der Waals surface area contributed by atoms with Gasteiger partial charge in [-0.1, -0.05) is 25.1 Å². The summed E-state index contributed by atoms with van der Waals surface area (Å²) in [5.74, 6) is 0.260. The molecule has 0 saturated carbocycles. The van der Waals surface area contributed by atoms with E-state index in [0.29, 0.717) is 23.1 Å². The molecule has 2 aromatic carbocycles. The molecule has 3 heteroatoms. The second kappa shape index (κ2) is 4.37. The summed E-state index contributed by atoms with van der Waals surface area (Å²) in [7, 11) is 0. The largest absolute Gasteiger partial charge is 0.508 e. The van der Waals surface area contributed by atoms with Gasteiger partial charge in [0.15, 0.2) is 0 Å². The molecule has 88 valence electrons. The number of phenols is 3. The van der Waals surface area contributed by atoms with E-state index in [-0.39, 0.29) is 17.2 Å². The Hall–Kier alpha value is -2.16. The molecule has 0 heterocycles. The Bertz CT molecular complexity index is 547. The average Bonchev–Trinajstić information content (AvgIpc) is 2.32. The van der Waals surface area contributed by atoms with Crippen molar-refractivity contribution >= 4 is 0 Å². The van der Waals surface area contributed by atoms with Crippen molar-refractivity contribution in [1.82, 2.24) is 0 Å². The highest BCUT2D eigenvalue weighted by atomic mass is 16.3. The summed E-state index contributed by atoms with van der Waals surface area (Å²) in [6.07, 6.45) is 0.639. The third-order valence-electron chi connectivity index (χ3n) is 2.77. The molecule has 0 radical (unpaired) electrons. The number of para-hydroxylation sites is 1. The van der Waals surface area contributed by atoms with Crippen molar-refractivity contribution in [2.45, 2.75) is 13.3 Å². The molecule has 2 aromatic rings. The van der Waals surface area contributed by atoms with Crippen LogP contribution in [-0.4, -0.2) is 15.3 Å². The molecule has 2 rings (SSSR count). The zero-order valence-electron chi connectivity index (χ0n) is 9.51. The van der Waals surface area contributed by atoms with Crippen molar-refractivity contribution < 1.29 is 15.3 Å². The van der Waals surface area contributed by atoms with Gasteiger partial charge >= 0.3 is 0 Å². The Morgan fingerprint density at radius 3 is 2.18 bits per heavy atom. The number of aryl methyl sites for hydroxylation is 1. The quantitative estimate of drug-likeness (QED) is 0.695. The first kappa shape index (κ1) is 11.3. The highest BCUT2D eigenvalue weighted by Gasteiger charge is 2.12. The van der Waals surface area contributed by atoms with Crippen molar-refractivity contribution in [3.63, 3.8) is 0 Å². The number of hydrogen-bond acceptors (Lipinski definition) is 3. The summed E-state index contributed by atoms with van der Waals surface area (Å²) >= 11 is 0. The lowest BCUT2D eigenvalue weighted by Gasteiger charge is -2.10. The molecular formula is C14H14O3. The lowest BCUT2D eigenvalue weighted by molar-refractivity contribution is 0.454. The maximum Gasteiger partial charge on any atom is 0.124 e. The molecule has 0 aliphatic rings. The van der Waals surface area contributed by atoms with E-state index in [1.165, 1.54) is 12.1 Å². The van der Waals surface area contributed by atoms with Crippen LogP contribution in [0.3, 0.4) is 0 Å². The zero-order chi connectivity index (χ0) is 12.4. The fourth-order valence-electron chi connectivity index (χ4n) is 1.82. The van der Waals surface area contributed by atoms with Gasteiger partial charge in [0.05, 0.1) is 0 Å². The van der Waals surface area contributed by atoms with Gasteiger partial charge in [0, 0.05) is 11.1 Å². The van der Waals surface area contributed by atoms with Crippen LogP contribution < -0.4 is 0 Å². The van der Waals surface area contributed by atoms with Crippen molar-refractivity contribution in [2.75, 3.05) is 0 Å². The molecule has 0 bridgehead atoms. The topological polar surface area (TPSA) is 60.7 Å². The maximum atomic E-state index is 9.90. The highest BCUT2D eigenvalue weighted by molar-refractivity contribution is 5.77. The van der Waals surface area contributed by atoms with E-state index < -0.39 is 0 Å². The molecule has 17 heavy (non-hydrogen) atoms. The van der Waals surface area contributed by atoms with Gasteiger partial charge in [-0.3, -0.25) is 0 Å². The average molecular weight is 230 g/mol. The third kappa shape index (κ3) is 2.04. The van der Waals surface area contributed by atoms with E-state index in [0.717, 1.165) is 0 Å². The minimum Gasteiger partial charge on any atom is -0.508 e. The normalized spacial score (nSPS) is 10.4. The Kier molecular flexibility index (Phi) is 2.91. The molecule has 0 atom stereocenters. The van der Waals surface area contributed by atoms with Crippen LogP contribution in [0.25, 0.3) is 11.1 Å². The van der Waals surface area contributed by atoms with Crippen molar-refractivity contribution in [3.8, 4) is 28.4 Å². The van der Waals surface area contributed by atoms with E-state index in [1.54, 1.807) is 24.3 Å². The predicted molar refractivity (Wildman–Crippen MR) is 66.3 cm³/mol. The first-order valence-corrected chi connectivity index (χ1v) is 5.46. The van der Waals surface area contributed by atoms with Gasteiger partial charge in [-0.2, -0.15) is 0 Å². The van der Waals surface area contributed by atoms with E-state index >= 15 is 0 Å². The molecule has 0 aromatic heterocycles. The fraction of sp³-hybridized carbons (Fsp3) is 0.143. The van der Waals surface area contributed by atoms with Crippen LogP contribution in [0.2, 0.25) is 0 Å². The van der Waals surface area contributed by atoms with E-state index in [9.17, 15) is 15.3 Å². The summed E-state index contributed by atoms with van der Waals surface area (Å²) in [6.45, 7) is 1.90. The number of aromatic hydroxyl groups is 3. The minimum atomic E-state index is 0.0566. The third-order valence-corrected chi connectivity index (χ3v) is 2.77. The van der Waals surface area contributed by atoms with E-state index in [2.05, 4.69) is 0 Å². The van der Waals surface area contributed by atoms with Gasteiger partial charge in [-0.05, 0) is 30.2 Å². The monoisotopic (exact) mass is 230 g/mol. The van der Waals surface area contributed by atoms with Crippen LogP contribution >= 0.6 is 0 Å². The van der Waals surface area contributed by atoms with Crippen LogP contribution in [0.4, 0.5) is 0 Å². The van der Waals surface area contributed by atoms with Crippen molar-refractivity contribution in [1.29, 1.82) is 0 Å². The minimum absolute atomic E-state index is 0.0566. The molecule has 0 fully saturated rings. The molecule has 0 saturated heterocycles. The van der Waals surface area contributed by atoms with Crippen LogP contribution in [-0.2, 0) is 6.42 Å². The van der Waals surface area contributed by atoms with Crippen LogP contribution in [0.1, 0.15) is 12.5 Å². The summed E-state index contributed by atoms with van der Waals surface area (Å²) in [6, 6.07) is 9.70. The lowest BCUT2D eigenvalue weighted by atomic mass is 10.00. The van der Waals surface area contributed by atoms with Gasteiger partial charge in [0.25, 0.3) is 0 Å². The van der Waals surface area contributed by atoms with Gasteiger partial charge in [0.1, 0.15) is 17.2 Å². The van der Waals surface area contributed by atoms with Crippen molar-refractivity contribution in [3.05, 3.63) is 42.0 Å².